The second-order valence-corrected chi connectivity index (χ2v) is 6.77. The third-order valence-electron chi connectivity index (χ3n) is 4.23. The molecule has 0 bridgehead atoms. The van der Waals surface area contributed by atoms with Gasteiger partial charge in [-0.15, -0.1) is 0 Å². The molecule has 0 saturated carbocycles. The molecule has 0 radical (unpaired) electrons. The number of ether oxygens (including phenoxy) is 2. The van der Waals surface area contributed by atoms with E-state index in [0.29, 0.717) is 26.4 Å². The van der Waals surface area contributed by atoms with Crippen LogP contribution >= 0.6 is 23.2 Å². The van der Waals surface area contributed by atoms with Gasteiger partial charge in [0, 0.05) is 13.1 Å². The van der Waals surface area contributed by atoms with Gasteiger partial charge in [0.1, 0.15) is 5.02 Å². The second-order valence-electron chi connectivity index (χ2n) is 5.99. The standard InChI is InChI=1S/C18H21Cl2N3O3/c1-3-25-15-7-12-5-6-22(10-13(12)8-16(15)26-4-2)11-23-18(24)17(20)14(19)9-21-23/h7-9H,3-6,10-11H2,1-2H3. The highest BCUT2D eigenvalue weighted by Gasteiger charge is 2.21. The third-order valence-corrected chi connectivity index (χ3v) is 4.98. The summed E-state index contributed by atoms with van der Waals surface area (Å²) < 4.78 is 12.7. The lowest BCUT2D eigenvalue weighted by Crippen LogP contribution is -2.37. The Morgan fingerprint density at radius 1 is 1.12 bits per heavy atom. The molecule has 140 valence electrons. The van der Waals surface area contributed by atoms with E-state index >= 15 is 0 Å². The predicted molar refractivity (Wildman–Crippen MR) is 101 cm³/mol. The van der Waals surface area contributed by atoms with Gasteiger partial charge in [0.05, 0.1) is 31.1 Å². The molecule has 2 heterocycles. The quantitative estimate of drug-likeness (QED) is 0.747. The summed E-state index contributed by atoms with van der Waals surface area (Å²) in [5.41, 5.74) is 2.02. The van der Waals surface area contributed by atoms with E-state index in [1.165, 1.54) is 16.4 Å². The molecule has 0 aliphatic carbocycles. The summed E-state index contributed by atoms with van der Waals surface area (Å²) in [6, 6.07) is 4.09. The summed E-state index contributed by atoms with van der Waals surface area (Å²) in [6.07, 6.45) is 2.25. The predicted octanol–water partition coefficient (Wildman–Crippen LogP) is 3.36. The molecule has 1 aromatic carbocycles. The van der Waals surface area contributed by atoms with E-state index < -0.39 is 0 Å². The molecule has 0 N–H and O–H groups in total. The number of fused-ring (bicyclic) bond motifs is 1. The first-order valence-electron chi connectivity index (χ1n) is 8.58. The van der Waals surface area contributed by atoms with Crippen molar-refractivity contribution in [2.75, 3.05) is 19.8 Å². The van der Waals surface area contributed by atoms with Gasteiger partial charge in [-0.3, -0.25) is 9.69 Å². The maximum Gasteiger partial charge on any atom is 0.288 e. The van der Waals surface area contributed by atoms with Crippen molar-refractivity contribution >= 4 is 23.2 Å². The Balaban J connectivity index is 1.82. The largest absolute Gasteiger partial charge is 0.490 e. The number of aromatic nitrogens is 2. The molecule has 6 nitrogen and oxygen atoms in total. The fourth-order valence-electron chi connectivity index (χ4n) is 3.02. The van der Waals surface area contributed by atoms with Crippen LogP contribution in [-0.4, -0.2) is 34.4 Å². The van der Waals surface area contributed by atoms with Crippen LogP contribution in [0.25, 0.3) is 0 Å². The van der Waals surface area contributed by atoms with Crippen molar-refractivity contribution in [1.82, 2.24) is 14.7 Å². The Labute approximate surface area is 162 Å². The lowest BCUT2D eigenvalue weighted by atomic mass is 9.99. The molecule has 0 fully saturated rings. The smallest absolute Gasteiger partial charge is 0.288 e. The van der Waals surface area contributed by atoms with E-state index in [-0.39, 0.29) is 15.6 Å². The molecule has 0 spiro atoms. The minimum absolute atomic E-state index is 0.000866. The van der Waals surface area contributed by atoms with E-state index in [1.807, 2.05) is 19.9 Å². The molecule has 2 aromatic rings. The van der Waals surface area contributed by atoms with E-state index in [9.17, 15) is 4.79 Å². The summed E-state index contributed by atoms with van der Waals surface area (Å²) in [7, 11) is 0. The number of rotatable bonds is 6. The third kappa shape index (κ3) is 3.98. The van der Waals surface area contributed by atoms with Gasteiger partial charge >= 0.3 is 0 Å². The van der Waals surface area contributed by atoms with Crippen LogP contribution in [0.15, 0.2) is 23.1 Å². The van der Waals surface area contributed by atoms with E-state index in [2.05, 4.69) is 16.1 Å². The topological polar surface area (TPSA) is 56.6 Å². The number of hydrogen-bond donors (Lipinski definition) is 0. The Morgan fingerprint density at radius 3 is 2.42 bits per heavy atom. The van der Waals surface area contributed by atoms with Gasteiger partial charge in [0.15, 0.2) is 11.5 Å². The maximum absolute atomic E-state index is 12.2. The molecule has 26 heavy (non-hydrogen) atoms. The Morgan fingerprint density at radius 2 is 1.77 bits per heavy atom. The van der Waals surface area contributed by atoms with Crippen LogP contribution in [0.5, 0.6) is 11.5 Å². The van der Waals surface area contributed by atoms with Gasteiger partial charge < -0.3 is 9.47 Å². The summed E-state index contributed by atoms with van der Waals surface area (Å²) >= 11 is 11.8. The summed E-state index contributed by atoms with van der Waals surface area (Å²) in [5, 5.41) is 4.24. The summed E-state index contributed by atoms with van der Waals surface area (Å²) in [5.74, 6) is 1.53. The fraction of sp³-hybridized carbons (Fsp3) is 0.444. The molecule has 3 rings (SSSR count). The first kappa shape index (κ1) is 19.0. The van der Waals surface area contributed by atoms with Crippen molar-refractivity contribution in [1.29, 1.82) is 0 Å². The number of benzene rings is 1. The highest BCUT2D eigenvalue weighted by Crippen LogP contribution is 2.34. The van der Waals surface area contributed by atoms with Crippen LogP contribution in [0.1, 0.15) is 25.0 Å². The van der Waals surface area contributed by atoms with Crippen LogP contribution in [0.3, 0.4) is 0 Å². The zero-order valence-electron chi connectivity index (χ0n) is 14.8. The average molecular weight is 398 g/mol. The van der Waals surface area contributed by atoms with Gasteiger partial charge in [-0.25, -0.2) is 4.68 Å². The van der Waals surface area contributed by atoms with Crippen molar-refractivity contribution in [3.05, 3.63) is 49.9 Å². The van der Waals surface area contributed by atoms with Crippen LogP contribution < -0.4 is 15.0 Å². The number of halogens is 2. The van der Waals surface area contributed by atoms with Gasteiger partial charge in [-0.2, -0.15) is 5.10 Å². The van der Waals surface area contributed by atoms with Gasteiger partial charge in [0.25, 0.3) is 5.56 Å². The van der Waals surface area contributed by atoms with Crippen molar-refractivity contribution < 1.29 is 9.47 Å². The average Bonchev–Trinajstić information content (AvgIpc) is 2.63. The minimum atomic E-state index is -0.383. The molecule has 1 aliphatic heterocycles. The summed E-state index contributed by atoms with van der Waals surface area (Å²) in [6.45, 7) is 6.92. The van der Waals surface area contributed by atoms with E-state index in [1.54, 1.807) is 0 Å². The lowest BCUT2D eigenvalue weighted by Gasteiger charge is -2.29. The lowest BCUT2D eigenvalue weighted by molar-refractivity contribution is 0.184. The normalized spacial score (nSPS) is 14.2. The molecular formula is C18H21Cl2N3O3. The number of hydrogen-bond acceptors (Lipinski definition) is 5. The Kier molecular flexibility index (Phi) is 6.06. The highest BCUT2D eigenvalue weighted by molar-refractivity contribution is 6.41. The first-order chi connectivity index (χ1) is 12.5. The Hall–Kier alpha value is -1.76. The molecular weight excluding hydrogens is 377 g/mol. The zero-order chi connectivity index (χ0) is 18.7. The molecule has 0 unspecified atom stereocenters. The van der Waals surface area contributed by atoms with Crippen molar-refractivity contribution in [3.63, 3.8) is 0 Å². The van der Waals surface area contributed by atoms with Crippen LogP contribution in [0.4, 0.5) is 0 Å². The second kappa shape index (κ2) is 8.29. The van der Waals surface area contributed by atoms with Crippen molar-refractivity contribution in [3.8, 4) is 11.5 Å². The monoisotopic (exact) mass is 397 g/mol. The molecule has 1 aromatic heterocycles. The molecule has 0 saturated heterocycles. The van der Waals surface area contributed by atoms with Gasteiger partial charge in [-0.05, 0) is 43.5 Å². The molecule has 8 heteroatoms. The molecule has 0 amide bonds. The van der Waals surface area contributed by atoms with Gasteiger partial charge in [-0.1, -0.05) is 23.2 Å². The van der Waals surface area contributed by atoms with Crippen LogP contribution in [0.2, 0.25) is 10.0 Å². The van der Waals surface area contributed by atoms with E-state index in [0.717, 1.165) is 30.0 Å². The van der Waals surface area contributed by atoms with Crippen molar-refractivity contribution in [2.45, 2.75) is 33.5 Å². The Bertz CT molecular complexity index is 854. The van der Waals surface area contributed by atoms with E-state index in [4.69, 9.17) is 32.7 Å². The highest BCUT2D eigenvalue weighted by atomic mass is 35.5. The zero-order valence-corrected chi connectivity index (χ0v) is 16.3. The first-order valence-corrected chi connectivity index (χ1v) is 9.34. The minimum Gasteiger partial charge on any atom is -0.490 e. The van der Waals surface area contributed by atoms with Crippen molar-refractivity contribution in [2.24, 2.45) is 0 Å². The molecule has 0 atom stereocenters. The van der Waals surface area contributed by atoms with Crippen LogP contribution in [-0.2, 0) is 19.6 Å². The maximum atomic E-state index is 12.2. The van der Waals surface area contributed by atoms with Gasteiger partial charge in [0.2, 0.25) is 0 Å². The van der Waals surface area contributed by atoms with Crippen LogP contribution in [0, 0.1) is 0 Å². The fourth-order valence-corrected chi connectivity index (χ4v) is 3.29. The molecule has 1 aliphatic rings. The SMILES string of the molecule is CCOc1cc2c(cc1OCC)CN(Cn1ncc(Cl)c(Cl)c1=O)CC2. The summed E-state index contributed by atoms with van der Waals surface area (Å²) in [4.78, 5) is 14.3. The number of nitrogens with zero attached hydrogens (tertiary/aromatic N) is 3.